The fraction of sp³-hybridized carbons (Fsp3) is 0.438. The largest absolute Gasteiger partial charge is 0.490 e. The maximum absolute atomic E-state index is 12.5. The van der Waals surface area contributed by atoms with Crippen LogP contribution in [-0.4, -0.2) is 91.4 Å². The number of aliphatic hydroxyl groups excluding tert-OH is 1. The smallest absolute Gasteiger partial charge is 0.386 e. The van der Waals surface area contributed by atoms with Crippen LogP contribution in [0.1, 0.15) is 6.23 Å². The third-order valence-electron chi connectivity index (χ3n) is 5.36. The molecule has 0 radical (unpaired) electrons. The Hall–Kier alpha value is -2.46. The number of ether oxygens (including phenoxy) is 2. The Balaban J connectivity index is 1.54. The van der Waals surface area contributed by atoms with E-state index >= 15 is 0 Å². The summed E-state index contributed by atoms with van der Waals surface area (Å²) < 4.78 is 60.8. The maximum Gasteiger partial charge on any atom is 0.490 e. The monoisotopic (exact) mass is 676 g/mol. The molecule has 1 aliphatic rings. The van der Waals surface area contributed by atoms with Gasteiger partial charge in [-0.1, -0.05) is 12.2 Å². The van der Waals surface area contributed by atoms with Crippen molar-refractivity contribution in [3.05, 3.63) is 23.2 Å². The molecule has 232 valence electrons. The number of nitrogen functional groups attached to an aromatic ring is 1. The van der Waals surface area contributed by atoms with Gasteiger partial charge < -0.3 is 50.2 Å². The number of aromatic nitrogens is 6. The van der Waals surface area contributed by atoms with Gasteiger partial charge in [0.25, 0.3) is 5.91 Å². The fourth-order valence-corrected chi connectivity index (χ4v) is 7.03. The minimum absolute atomic E-state index is 0.0244. The molecule has 3 aromatic heterocycles. The SMILES string of the molecule is Cn1nccc1NC(=O)COC1C(COP(=O)(O)OP(=O)(O)OP(=O)(O)O)OC(n2cnc3c(=S)nc(N)[nH]c32)C1O. The van der Waals surface area contributed by atoms with E-state index in [1.54, 1.807) is 7.05 Å². The molecule has 1 fully saturated rings. The molecule has 42 heavy (non-hydrogen) atoms. The van der Waals surface area contributed by atoms with Gasteiger partial charge in [-0.2, -0.15) is 13.7 Å². The lowest BCUT2D eigenvalue weighted by molar-refractivity contribution is -0.126. The van der Waals surface area contributed by atoms with E-state index in [4.69, 9.17) is 37.2 Å². The zero-order valence-electron chi connectivity index (χ0n) is 20.9. The van der Waals surface area contributed by atoms with Crippen LogP contribution in [0.4, 0.5) is 11.8 Å². The number of rotatable bonds is 12. The number of imidazole rings is 1. The molecule has 4 heterocycles. The second-order valence-electron chi connectivity index (χ2n) is 8.38. The number of nitrogens with one attached hydrogen (secondary N) is 2. The molecule has 1 saturated heterocycles. The number of phosphoric ester groups is 1. The molecule has 4 rings (SSSR count). The summed E-state index contributed by atoms with van der Waals surface area (Å²) in [7, 11) is -15.4. The van der Waals surface area contributed by atoms with E-state index in [2.05, 4.69) is 38.5 Å². The van der Waals surface area contributed by atoms with Crippen LogP contribution < -0.4 is 11.1 Å². The van der Waals surface area contributed by atoms with Gasteiger partial charge in [0.2, 0.25) is 0 Å². The Kier molecular flexibility index (Phi) is 9.48. The second-order valence-corrected chi connectivity index (χ2v) is 13.2. The molecule has 1 amide bonds. The standard InChI is InChI=1S/C16H23N8O14P3S/c1-23-8(2-3-19-23)20-9(25)5-34-12-7(4-35-40(30,31)38-41(32,33)37-39(27,28)29)36-15(11(12)26)24-6-18-10-13(24)21-16(17)22-14(10)42/h2-3,6-7,11-12,15,26H,4-5H2,1H3,(H,20,25)(H,30,31)(H,32,33)(H2,27,28,29)(H3,17,21,22,42). The number of anilines is 2. The first kappa shape index (κ1) is 32.5. The van der Waals surface area contributed by atoms with Crippen molar-refractivity contribution < 1.29 is 65.8 Å². The summed E-state index contributed by atoms with van der Waals surface area (Å²) in [6, 6.07) is 1.50. The number of aryl methyl sites for hydroxylation is 1. The van der Waals surface area contributed by atoms with Crippen molar-refractivity contribution in [1.29, 1.82) is 0 Å². The molecule has 9 N–H and O–H groups in total. The van der Waals surface area contributed by atoms with Gasteiger partial charge in [-0.3, -0.25) is 18.6 Å². The van der Waals surface area contributed by atoms with Crippen LogP contribution in [0.5, 0.6) is 0 Å². The molecular weight excluding hydrogens is 653 g/mol. The molecule has 22 nitrogen and oxygen atoms in total. The Morgan fingerprint density at radius 2 is 1.95 bits per heavy atom. The molecule has 6 atom stereocenters. The topological polar surface area (TPSA) is 318 Å². The number of amides is 1. The maximum atomic E-state index is 12.5. The molecule has 0 aromatic carbocycles. The van der Waals surface area contributed by atoms with Crippen molar-refractivity contribution in [3.8, 4) is 0 Å². The number of nitrogens with zero attached hydrogens (tertiary/aromatic N) is 5. The number of carbonyl (C=O) groups is 1. The fourth-order valence-electron chi connectivity index (χ4n) is 3.75. The first-order chi connectivity index (χ1) is 19.4. The Morgan fingerprint density at radius 1 is 1.24 bits per heavy atom. The number of aromatic amines is 1. The van der Waals surface area contributed by atoms with Gasteiger partial charge in [-0.15, -0.1) is 0 Å². The summed E-state index contributed by atoms with van der Waals surface area (Å²) in [6.45, 7) is -1.66. The van der Waals surface area contributed by atoms with Gasteiger partial charge in [0, 0.05) is 13.1 Å². The number of carbonyl (C=O) groups excluding carboxylic acids is 1. The van der Waals surface area contributed by atoms with Crippen LogP contribution in [-0.2, 0) is 48.2 Å². The van der Waals surface area contributed by atoms with Gasteiger partial charge >= 0.3 is 23.5 Å². The molecule has 0 saturated carbocycles. The molecule has 0 aliphatic carbocycles. The van der Waals surface area contributed by atoms with Gasteiger partial charge in [0.15, 0.2) is 16.8 Å². The lowest BCUT2D eigenvalue weighted by Crippen LogP contribution is -2.38. The van der Waals surface area contributed by atoms with Gasteiger partial charge in [0.05, 0.1) is 19.1 Å². The highest BCUT2D eigenvalue weighted by molar-refractivity contribution is 7.71. The predicted molar refractivity (Wildman–Crippen MR) is 138 cm³/mol. The number of phosphoric acid groups is 3. The number of hydrogen-bond acceptors (Lipinski definition) is 15. The van der Waals surface area contributed by atoms with Gasteiger partial charge in [-0.05, 0) is 0 Å². The zero-order chi connectivity index (χ0) is 31.0. The van der Waals surface area contributed by atoms with Crippen LogP contribution >= 0.6 is 35.7 Å². The summed E-state index contributed by atoms with van der Waals surface area (Å²) >= 11 is 5.13. The minimum Gasteiger partial charge on any atom is -0.386 e. The van der Waals surface area contributed by atoms with Crippen molar-refractivity contribution >= 4 is 64.5 Å². The zero-order valence-corrected chi connectivity index (χ0v) is 24.4. The highest BCUT2D eigenvalue weighted by atomic mass is 32.1. The number of aliphatic hydroxyl groups is 1. The Bertz CT molecular complexity index is 1670. The van der Waals surface area contributed by atoms with E-state index in [-0.39, 0.29) is 21.8 Å². The predicted octanol–water partition coefficient (Wildman–Crippen LogP) is -0.570. The molecule has 0 spiro atoms. The Morgan fingerprint density at radius 3 is 2.60 bits per heavy atom. The normalized spacial score (nSPS) is 24.0. The second kappa shape index (κ2) is 12.3. The van der Waals surface area contributed by atoms with Crippen molar-refractivity contribution in [2.45, 2.75) is 24.5 Å². The number of H-pyrrole nitrogens is 1. The Labute approximate surface area is 238 Å². The van der Waals surface area contributed by atoms with Crippen molar-refractivity contribution in [2.24, 2.45) is 7.05 Å². The first-order valence-corrected chi connectivity index (χ1v) is 16.1. The van der Waals surface area contributed by atoms with Crippen molar-refractivity contribution in [2.75, 3.05) is 24.3 Å². The third kappa shape index (κ3) is 7.92. The number of fused-ring (bicyclic) bond motifs is 1. The summed E-state index contributed by atoms with van der Waals surface area (Å²) in [6.07, 6.45) is -3.27. The number of nitrogens with two attached hydrogens (primary N) is 1. The number of hydrogen-bond donors (Lipinski definition) is 8. The van der Waals surface area contributed by atoms with E-state index < -0.39 is 67.1 Å². The average Bonchev–Trinajstić information content (AvgIpc) is 3.51. The average molecular weight is 676 g/mol. The molecule has 3 aromatic rings. The third-order valence-corrected chi connectivity index (χ3v) is 9.45. The molecule has 6 unspecified atom stereocenters. The lowest BCUT2D eigenvalue weighted by atomic mass is 10.1. The van der Waals surface area contributed by atoms with E-state index in [1.807, 2.05) is 0 Å². The van der Waals surface area contributed by atoms with E-state index in [0.29, 0.717) is 5.82 Å². The first-order valence-electron chi connectivity index (χ1n) is 11.2. The minimum atomic E-state index is -5.80. The summed E-state index contributed by atoms with van der Waals surface area (Å²) in [5.41, 5.74) is 6.07. The quantitative estimate of drug-likeness (QED) is 0.0879. The van der Waals surface area contributed by atoms with Gasteiger partial charge in [0.1, 0.15) is 41.9 Å². The van der Waals surface area contributed by atoms with Crippen LogP contribution in [0.25, 0.3) is 11.2 Å². The van der Waals surface area contributed by atoms with Crippen LogP contribution in [0, 0.1) is 4.64 Å². The van der Waals surface area contributed by atoms with E-state index in [9.17, 15) is 33.4 Å². The van der Waals surface area contributed by atoms with Crippen LogP contribution in [0.15, 0.2) is 18.6 Å². The van der Waals surface area contributed by atoms with E-state index in [0.717, 1.165) is 0 Å². The summed E-state index contributed by atoms with van der Waals surface area (Å²) in [5, 5.41) is 17.5. The summed E-state index contributed by atoms with van der Waals surface area (Å²) in [5.74, 6) is -0.456. The van der Waals surface area contributed by atoms with E-state index in [1.165, 1.54) is 27.8 Å². The van der Waals surface area contributed by atoms with Gasteiger partial charge in [-0.25, -0.2) is 23.7 Å². The summed E-state index contributed by atoms with van der Waals surface area (Å²) in [4.78, 5) is 59.7. The van der Waals surface area contributed by atoms with Crippen molar-refractivity contribution in [3.63, 3.8) is 0 Å². The van der Waals surface area contributed by atoms with Crippen molar-refractivity contribution in [1.82, 2.24) is 29.3 Å². The van der Waals surface area contributed by atoms with Crippen LogP contribution in [0.3, 0.4) is 0 Å². The highest BCUT2D eigenvalue weighted by Gasteiger charge is 2.48. The van der Waals surface area contributed by atoms with Crippen LogP contribution in [0.2, 0.25) is 0 Å². The lowest BCUT2D eigenvalue weighted by Gasteiger charge is -2.22. The molecule has 0 bridgehead atoms. The highest BCUT2D eigenvalue weighted by Crippen LogP contribution is 2.66. The molecule has 1 aliphatic heterocycles. The molecular formula is C16H23N8O14P3S. The molecule has 26 heteroatoms.